The van der Waals surface area contributed by atoms with Crippen molar-refractivity contribution in [3.05, 3.63) is 36.9 Å². The molecule has 0 saturated carbocycles. The van der Waals surface area contributed by atoms with Crippen molar-refractivity contribution in [2.75, 3.05) is 18.0 Å². The highest BCUT2D eigenvalue weighted by Gasteiger charge is 2.04. The zero-order valence-electron chi connectivity index (χ0n) is 10.2. The van der Waals surface area contributed by atoms with Gasteiger partial charge in [-0.15, -0.1) is 0 Å². The SMILES string of the molecule is COc1ccc(NNc2ncnc3nc[nH]c23)cc1. The molecule has 0 atom stereocenters. The Labute approximate surface area is 109 Å². The Bertz CT molecular complexity index is 678. The van der Waals surface area contributed by atoms with E-state index in [0.29, 0.717) is 11.5 Å². The van der Waals surface area contributed by atoms with Crippen molar-refractivity contribution in [2.24, 2.45) is 0 Å². The highest BCUT2D eigenvalue weighted by molar-refractivity contribution is 5.82. The lowest BCUT2D eigenvalue weighted by Crippen LogP contribution is -2.10. The molecule has 1 aromatic carbocycles. The largest absolute Gasteiger partial charge is 0.497 e. The van der Waals surface area contributed by atoms with Crippen LogP contribution in [0.25, 0.3) is 11.2 Å². The van der Waals surface area contributed by atoms with Gasteiger partial charge in [-0.25, -0.2) is 15.0 Å². The third-order valence-electron chi connectivity index (χ3n) is 2.64. The van der Waals surface area contributed by atoms with Crippen molar-refractivity contribution in [1.82, 2.24) is 19.9 Å². The first-order chi connectivity index (χ1) is 9.36. The Morgan fingerprint density at radius 3 is 2.68 bits per heavy atom. The van der Waals surface area contributed by atoms with E-state index in [2.05, 4.69) is 30.8 Å². The van der Waals surface area contributed by atoms with Gasteiger partial charge in [0.05, 0.1) is 19.1 Å². The lowest BCUT2D eigenvalue weighted by Gasteiger charge is -2.09. The summed E-state index contributed by atoms with van der Waals surface area (Å²) in [5.74, 6) is 1.45. The van der Waals surface area contributed by atoms with Crippen LogP contribution in [-0.4, -0.2) is 27.0 Å². The molecule has 0 saturated heterocycles. The molecule has 3 rings (SSSR count). The highest BCUT2D eigenvalue weighted by atomic mass is 16.5. The quantitative estimate of drug-likeness (QED) is 0.617. The first-order valence-corrected chi connectivity index (χ1v) is 5.67. The van der Waals surface area contributed by atoms with Gasteiger partial charge in [0.15, 0.2) is 11.5 Å². The van der Waals surface area contributed by atoms with Gasteiger partial charge >= 0.3 is 0 Å². The van der Waals surface area contributed by atoms with Gasteiger partial charge in [0, 0.05) is 0 Å². The molecule has 2 heterocycles. The predicted octanol–water partition coefficient (Wildman–Crippen LogP) is 1.80. The third-order valence-corrected chi connectivity index (χ3v) is 2.64. The van der Waals surface area contributed by atoms with E-state index in [1.54, 1.807) is 13.4 Å². The molecule has 3 N–H and O–H groups in total. The number of H-pyrrole nitrogens is 1. The molecule has 0 unspecified atom stereocenters. The number of benzene rings is 1. The van der Waals surface area contributed by atoms with Crippen LogP contribution in [0.3, 0.4) is 0 Å². The van der Waals surface area contributed by atoms with Crippen LogP contribution < -0.4 is 15.6 Å². The third kappa shape index (κ3) is 2.25. The molecule has 0 amide bonds. The molecule has 0 aliphatic carbocycles. The lowest BCUT2D eigenvalue weighted by molar-refractivity contribution is 0.415. The normalized spacial score (nSPS) is 10.4. The number of hydrogen-bond acceptors (Lipinski definition) is 6. The molecule has 0 bridgehead atoms. The van der Waals surface area contributed by atoms with E-state index in [4.69, 9.17) is 4.74 Å². The Balaban J connectivity index is 1.76. The molecule has 7 heteroatoms. The Morgan fingerprint density at radius 2 is 1.89 bits per heavy atom. The molecule has 0 aliphatic rings. The number of ether oxygens (including phenoxy) is 1. The Kier molecular flexibility index (Phi) is 2.85. The lowest BCUT2D eigenvalue weighted by atomic mass is 10.3. The average Bonchev–Trinajstić information content (AvgIpc) is 2.94. The molecule has 2 aromatic heterocycles. The Morgan fingerprint density at radius 1 is 1.05 bits per heavy atom. The second-order valence-electron chi connectivity index (χ2n) is 3.80. The van der Waals surface area contributed by atoms with Gasteiger partial charge in [-0.3, -0.25) is 10.9 Å². The number of nitrogens with zero attached hydrogens (tertiary/aromatic N) is 3. The van der Waals surface area contributed by atoms with E-state index in [9.17, 15) is 0 Å². The zero-order chi connectivity index (χ0) is 13.1. The van der Waals surface area contributed by atoms with E-state index in [1.165, 1.54) is 6.33 Å². The summed E-state index contributed by atoms with van der Waals surface area (Å²) < 4.78 is 5.10. The van der Waals surface area contributed by atoms with E-state index in [-0.39, 0.29) is 0 Å². The molecule has 96 valence electrons. The minimum atomic E-state index is 0.619. The number of methoxy groups -OCH3 is 1. The summed E-state index contributed by atoms with van der Waals surface area (Å²) in [4.78, 5) is 15.2. The monoisotopic (exact) mass is 256 g/mol. The molecule has 7 nitrogen and oxygen atoms in total. The van der Waals surface area contributed by atoms with Crippen LogP contribution >= 0.6 is 0 Å². The molecule has 0 aliphatic heterocycles. The second-order valence-corrected chi connectivity index (χ2v) is 3.80. The molecule has 0 fully saturated rings. The zero-order valence-corrected chi connectivity index (χ0v) is 10.2. The van der Waals surface area contributed by atoms with Gasteiger partial charge in [-0.05, 0) is 24.3 Å². The molecular weight excluding hydrogens is 244 g/mol. The van der Waals surface area contributed by atoms with Crippen molar-refractivity contribution in [3.63, 3.8) is 0 Å². The number of hydrazine groups is 1. The van der Waals surface area contributed by atoms with Crippen LogP contribution in [0.1, 0.15) is 0 Å². The number of hydrogen-bond donors (Lipinski definition) is 3. The van der Waals surface area contributed by atoms with Crippen molar-refractivity contribution in [3.8, 4) is 5.75 Å². The molecule has 0 spiro atoms. The van der Waals surface area contributed by atoms with Crippen LogP contribution in [-0.2, 0) is 0 Å². The van der Waals surface area contributed by atoms with Crippen molar-refractivity contribution < 1.29 is 4.74 Å². The fraction of sp³-hybridized carbons (Fsp3) is 0.0833. The predicted molar refractivity (Wildman–Crippen MR) is 71.9 cm³/mol. The summed E-state index contributed by atoms with van der Waals surface area (Å²) in [7, 11) is 1.64. The fourth-order valence-electron chi connectivity index (χ4n) is 1.67. The number of aromatic amines is 1. The summed E-state index contributed by atoms with van der Waals surface area (Å²) in [6, 6.07) is 7.54. The van der Waals surface area contributed by atoms with Crippen LogP contribution in [0, 0.1) is 0 Å². The first kappa shape index (κ1) is 11.3. The van der Waals surface area contributed by atoms with E-state index in [1.807, 2.05) is 24.3 Å². The van der Waals surface area contributed by atoms with Crippen LogP contribution in [0.5, 0.6) is 5.75 Å². The number of fused-ring (bicyclic) bond motifs is 1. The molecule has 19 heavy (non-hydrogen) atoms. The maximum Gasteiger partial charge on any atom is 0.182 e. The van der Waals surface area contributed by atoms with Gasteiger partial charge in [-0.2, -0.15) is 0 Å². The molecule has 3 aromatic rings. The average molecular weight is 256 g/mol. The Hall–Kier alpha value is -2.83. The van der Waals surface area contributed by atoms with Crippen molar-refractivity contribution in [1.29, 1.82) is 0 Å². The number of nitrogens with one attached hydrogen (secondary N) is 3. The number of aromatic nitrogens is 4. The van der Waals surface area contributed by atoms with Gasteiger partial charge in [0.25, 0.3) is 0 Å². The van der Waals surface area contributed by atoms with Crippen LogP contribution in [0.15, 0.2) is 36.9 Å². The number of imidazole rings is 1. The van der Waals surface area contributed by atoms with Crippen LogP contribution in [0.4, 0.5) is 11.5 Å². The van der Waals surface area contributed by atoms with Crippen LogP contribution in [0.2, 0.25) is 0 Å². The topological polar surface area (TPSA) is 87.8 Å². The summed E-state index contributed by atoms with van der Waals surface area (Å²) in [6.07, 6.45) is 3.04. The fourth-order valence-corrected chi connectivity index (χ4v) is 1.67. The van der Waals surface area contributed by atoms with E-state index in [0.717, 1.165) is 17.0 Å². The second kappa shape index (κ2) is 4.81. The highest BCUT2D eigenvalue weighted by Crippen LogP contribution is 2.17. The smallest absolute Gasteiger partial charge is 0.182 e. The maximum atomic E-state index is 5.10. The minimum absolute atomic E-state index is 0.619. The summed E-state index contributed by atoms with van der Waals surface area (Å²) >= 11 is 0. The van der Waals surface area contributed by atoms with Crippen molar-refractivity contribution >= 4 is 22.7 Å². The van der Waals surface area contributed by atoms with Gasteiger partial charge in [0.2, 0.25) is 0 Å². The van der Waals surface area contributed by atoms with E-state index >= 15 is 0 Å². The summed E-state index contributed by atoms with van der Waals surface area (Å²) in [5.41, 5.74) is 8.33. The minimum Gasteiger partial charge on any atom is -0.497 e. The first-order valence-electron chi connectivity index (χ1n) is 5.67. The van der Waals surface area contributed by atoms with Gasteiger partial charge in [0.1, 0.15) is 17.6 Å². The summed E-state index contributed by atoms with van der Waals surface area (Å²) in [6.45, 7) is 0. The standard InChI is InChI=1S/C12H12N6O/c1-19-9-4-2-8(3-5-9)17-18-12-10-11(14-6-13-10)15-7-16-12/h2-7,17H,1H3,(H2,13,14,15,16,18). The molecule has 0 radical (unpaired) electrons. The molecular formula is C12H12N6O. The van der Waals surface area contributed by atoms with Crippen molar-refractivity contribution in [2.45, 2.75) is 0 Å². The summed E-state index contributed by atoms with van der Waals surface area (Å²) in [5, 5.41) is 0. The number of anilines is 2. The maximum absolute atomic E-state index is 5.10. The van der Waals surface area contributed by atoms with Gasteiger partial charge < -0.3 is 9.72 Å². The van der Waals surface area contributed by atoms with E-state index < -0.39 is 0 Å². The number of rotatable bonds is 4. The van der Waals surface area contributed by atoms with Gasteiger partial charge in [-0.1, -0.05) is 0 Å².